The summed E-state index contributed by atoms with van der Waals surface area (Å²) in [5.41, 5.74) is 7.75. The zero-order valence-electron chi connectivity index (χ0n) is 6.16. The highest BCUT2D eigenvalue weighted by Gasteiger charge is 2.05. The highest BCUT2D eigenvalue weighted by Crippen LogP contribution is 2.17. The molecule has 0 aliphatic heterocycles. The van der Waals surface area contributed by atoms with Crippen molar-refractivity contribution in [1.82, 2.24) is 9.97 Å². The molecule has 1 atom stereocenters. The number of rotatable bonds is 1. The Labute approximate surface area is 68.3 Å². The SMILES string of the molecule is CC(N)c1nc2cscc2[nH]1. The van der Waals surface area contributed by atoms with Gasteiger partial charge in [0.25, 0.3) is 0 Å². The molecular weight excluding hydrogens is 158 g/mol. The van der Waals surface area contributed by atoms with Gasteiger partial charge in [0.1, 0.15) is 5.82 Å². The molecule has 3 N–H and O–H groups in total. The van der Waals surface area contributed by atoms with E-state index in [1.54, 1.807) is 11.3 Å². The average Bonchev–Trinajstić information content (AvgIpc) is 2.40. The van der Waals surface area contributed by atoms with Crippen LogP contribution in [-0.2, 0) is 0 Å². The molecule has 11 heavy (non-hydrogen) atoms. The first-order valence-corrected chi connectivity index (χ1v) is 4.39. The van der Waals surface area contributed by atoms with E-state index in [2.05, 4.69) is 9.97 Å². The average molecular weight is 167 g/mol. The Morgan fingerprint density at radius 3 is 3.09 bits per heavy atom. The highest BCUT2D eigenvalue weighted by molar-refractivity contribution is 7.09. The molecule has 2 rings (SSSR count). The van der Waals surface area contributed by atoms with Gasteiger partial charge in [-0.3, -0.25) is 0 Å². The second kappa shape index (κ2) is 2.32. The molecule has 0 aliphatic rings. The monoisotopic (exact) mass is 167 g/mol. The fourth-order valence-corrected chi connectivity index (χ4v) is 1.67. The molecule has 2 aromatic rings. The molecule has 0 saturated carbocycles. The van der Waals surface area contributed by atoms with Gasteiger partial charge in [0.05, 0.1) is 17.1 Å². The van der Waals surface area contributed by atoms with E-state index < -0.39 is 0 Å². The minimum atomic E-state index is -0.00704. The third-order valence-electron chi connectivity index (χ3n) is 1.58. The molecule has 2 aromatic heterocycles. The minimum absolute atomic E-state index is 0.00704. The zero-order chi connectivity index (χ0) is 7.84. The van der Waals surface area contributed by atoms with E-state index >= 15 is 0 Å². The van der Waals surface area contributed by atoms with Crippen molar-refractivity contribution >= 4 is 22.4 Å². The van der Waals surface area contributed by atoms with Gasteiger partial charge in [-0.2, -0.15) is 0 Å². The van der Waals surface area contributed by atoms with Gasteiger partial charge in [-0.1, -0.05) is 0 Å². The van der Waals surface area contributed by atoms with E-state index in [-0.39, 0.29) is 6.04 Å². The largest absolute Gasteiger partial charge is 0.340 e. The maximum absolute atomic E-state index is 5.65. The lowest BCUT2D eigenvalue weighted by molar-refractivity contribution is 0.760. The van der Waals surface area contributed by atoms with Crippen LogP contribution >= 0.6 is 11.3 Å². The van der Waals surface area contributed by atoms with Gasteiger partial charge < -0.3 is 10.7 Å². The number of hydrogen-bond acceptors (Lipinski definition) is 3. The Morgan fingerprint density at radius 1 is 1.64 bits per heavy atom. The van der Waals surface area contributed by atoms with Crippen molar-refractivity contribution in [2.75, 3.05) is 0 Å². The summed E-state index contributed by atoms with van der Waals surface area (Å²) in [6.45, 7) is 1.92. The van der Waals surface area contributed by atoms with Gasteiger partial charge in [-0.25, -0.2) is 4.98 Å². The lowest BCUT2D eigenvalue weighted by Crippen LogP contribution is -2.06. The van der Waals surface area contributed by atoms with Crippen molar-refractivity contribution in [3.63, 3.8) is 0 Å². The Kier molecular flexibility index (Phi) is 1.44. The van der Waals surface area contributed by atoms with Crippen LogP contribution in [0.15, 0.2) is 10.8 Å². The normalized spacial score (nSPS) is 14.0. The number of thiophene rings is 1. The third kappa shape index (κ3) is 1.04. The van der Waals surface area contributed by atoms with Crippen molar-refractivity contribution in [2.45, 2.75) is 13.0 Å². The number of nitrogens with zero attached hydrogens (tertiary/aromatic N) is 1. The summed E-state index contributed by atoms with van der Waals surface area (Å²) in [5.74, 6) is 0.864. The quantitative estimate of drug-likeness (QED) is 0.678. The van der Waals surface area contributed by atoms with Crippen LogP contribution in [0.3, 0.4) is 0 Å². The molecular formula is C7H9N3S. The lowest BCUT2D eigenvalue weighted by atomic mass is 10.3. The van der Waals surface area contributed by atoms with Gasteiger partial charge in [0.2, 0.25) is 0 Å². The van der Waals surface area contributed by atoms with Gasteiger partial charge >= 0.3 is 0 Å². The summed E-state index contributed by atoms with van der Waals surface area (Å²) >= 11 is 1.65. The smallest absolute Gasteiger partial charge is 0.123 e. The maximum atomic E-state index is 5.65. The third-order valence-corrected chi connectivity index (χ3v) is 2.31. The van der Waals surface area contributed by atoms with Gasteiger partial charge in [0, 0.05) is 10.8 Å². The number of H-pyrrole nitrogens is 1. The second-order valence-electron chi connectivity index (χ2n) is 2.58. The number of nitrogens with one attached hydrogen (secondary N) is 1. The Hall–Kier alpha value is -0.870. The van der Waals surface area contributed by atoms with Gasteiger partial charge in [0.15, 0.2) is 0 Å². The minimum Gasteiger partial charge on any atom is -0.340 e. The molecule has 2 heterocycles. The van der Waals surface area contributed by atoms with E-state index in [0.717, 1.165) is 16.9 Å². The van der Waals surface area contributed by atoms with Crippen molar-refractivity contribution in [3.05, 3.63) is 16.6 Å². The van der Waals surface area contributed by atoms with Crippen LogP contribution in [0.1, 0.15) is 18.8 Å². The molecule has 1 unspecified atom stereocenters. The summed E-state index contributed by atoms with van der Waals surface area (Å²) in [6.07, 6.45) is 0. The molecule has 0 bridgehead atoms. The second-order valence-corrected chi connectivity index (χ2v) is 3.32. The first-order chi connectivity index (χ1) is 5.27. The van der Waals surface area contributed by atoms with Crippen molar-refractivity contribution < 1.29 is 0 Å². The number of hydrogen-bond donors (Lipinski definition) is 2. The molecule has 0 fully saturated rings. The first kappa shape index (κ1) is 6.82. The van der Waals surface area contributed by atoms with Crippen LogP contribution < -0.4 is 5.73 Å². The van der Waals surface area contributed by atoms with Gasteiger partial charge in [-0.05, 0) is 6.92 Å². The molecule has 0 saturated heterocycles. The molecule has 0 aromatic carbocycles. The van der Waals surface area contributed by atoms with Crippen molar-refractivity contribution in [2.24, 2.45) is 5.73 Å². The van der Waals surface area contributed by atoms with Crippen LogP contribution in [0.4, 0.5) is 0 Å². The Morgan fingerprint density at radius 2 is 2.45 bits per heavy atom. The van der Waals surface area contributed by atoms with Crippen molar-refractivity contribution in [1.29, 1.82) is 0 Å². The summed E-state index contributed by atoms with van der Waals surface area (Å²) in [7, 11) is 0. The summed E-state index contributed by atoms with van der Waals surface area (Å²) in [5, 5.41) is 4.05. The number of imidazole rings is 1. The highest BCUT2D eigenvalue weighted by atomic mass is 32.1. The number of aromatic nitrogens is 2. The molecule has 3 nitrogen and oxygen atoms in total. The van der Waals surface area contributed by atoms with Crippen LogP contribution in [-0.4, -0.2) is 9.97 Å². The predicted octanol–water partition coefficient (Wildman–Crippen LogP) is 1.64. The summed E-state index contributed by atoms with van der Waals surface area (Å²) in [4.78, 5) is 7.45. The number of nitrogens with two attached hydrogens (primary N) is 1. The fourth-order valence-electron chi connectivity index (χ4n) is 0.982. The molecule has 58 valence electrons. The molecule has 0 radical (unpaired) electrons. The maximum Gasteiger partial charge on any atom is 0.123 e. The molecule has 0 spiro atoms. The molecule has 0 aliphatic carbocycles. The first-order valence-electron chi connectivity index (χ1n) is 3.45. The lowest BCUT2D eigenvalue weighted by Gasteiger charge is -1.96. The number of aromatic amines is 1. The van der Waals surface area contributed by atoms with E-state index in [1.165, 1.54) is 0 Å². The van der Waals surface area contributed by atoms with Crippen LogP contribution in [0.25, 0.3) is 11.0 Å². The molecule has 0 amide bonds. The summed E-state index contributed by atoms with van der Waals surface area (Å²) in [6, 6.07) is -0.00704. The standard InChI is InChI=1S/C7H9N3S/c1-4(8)7-9-5-2-11-3-6(5)10-7/h2-4H,8H2,1H3,(H,9,10). The zero-order valence-corrected chi connectivity index (χ0v) is 6.98. The number of fused-ring (bicyclic) bond motifs is 1. The van der Waals surface area contributed by atoms with Crippen molar-refractivity contribution in [3.8, 4) is 0 Å². The topological polar surface area (TPSA) is 54.7 Å². The summed E-state index contributed by atoms with van der Waals surface area (Å²) < 4.78 is 0. The van der Waals surface area contributed by atoms with Gasteiger partial charge in [-0.15, -0.1) is 11.3 Å². The fraction of sp³-hybridized carbons (Fsp3) is 0.286. The van der Waals surface area contributed by atoms with Crippen LogP contribution in [0.5, 0.6) is 0 Å². The van der Waals surface area contributed by atoms with E-state index in [1.807, 2.05) is 17.7 Å². The van der Waals surface area contributed by atoms with Crippen LogP contribution in [0.2, 0.25) is 0 Å². The predicted molar refractivity (Wildman–Crippen MR) is 46.6 cm³/mol. The van der Waals surface area contributed by atoms with E-state index in [0.29, 0.717) is 0 Å². The molecule has 4 heteroatoms. The van der Waals surface area contributed by atoms with E-state index in [9.17, 15) is 0 Å². The van der Waals surface area contributed by atoms with Crippen LogP contribution in [0, 0.1) is 0 Å². The Balaban J connectivity index is 2.58. The van der Waals surface area contributed by atoms with E-state index in [4.69, 9.17) is 5.73 Å². The Bertz CT molecular complexity index is 332.